The van der Waals surface area contributed by atoms with Crippen LogP contribution in [-0.2, 0) is 0 Å². The molecule has 0 radical (unpaired) electrons. The number of urea groups is 1. The molecule has 2 bridgehead atoms. The van der Waals surface area contributed by atoms with E-state index in [9.17, 15) is 9.59 Å². The molecule has 0 aromatic carbocycles. The molecule has 4 rings (SSSR count). The smallest absolute Gasteiger partial charge is 0.320 e. The minimum atomic E-state index is -0.486. The van der Waals surface area contributed by atoms with Crippen LogP contribution < -0.4 is 10.6 Å². The van der Waals surface area contributed by atoms with Crippen molar-refractivity contribution in [3.05, 3.63) is 23.4 Å². The molecule has 3 heterocycles. The van der Waals surface area contributed by atoms with Crippen molar-refractivity contribution in [3.63, 3.8) is 0 Å². The SMILES string of the molecule is NC(=O)N1c2nc(C=O)ccc2C2CC1C2. The Kier molecular flexibility index (Phi) is 1.77. The Bertz CT molecular complexity index is 480. The molecule has 1 aromatic heterocycles. The zero-order valence-electron chi connectivity index (χ0n) is 8.59. The number of primary amides is 1. The van der Waals surface area contributed by atoms with E-state index in [-0.39, 0.29) is 6.04 Å². The minimum absolute atomic E-state index is 0.171. The summed E-state index contributed by atoms with van der Waals surface area (Å²) in [6.45, 7) is 0. The van der Waals surface area contributed by atoms with Gasteiger partial charge in [-0.1, -0.05) is 6.07 Å². The molecular formula is C11H11N3O2. The van der Waals surface area contributed by atoms with Gasteiger partial charge in [0.05, 0.1) is 0 Å². The van der Waals surface area contributed by atoms with Crippen LogP contribution in [0.4, 0.5) is 10.6 Å². The van der Waals surface area contributed by atoms with Gasteiger partial charge in [-0.15, -0.1) is 0 Å². The summed E-state index contributed by atoms with van der Waals surface area (Å²) in [5.74, 6) is 1.05. The highest BCUT2D eigenvalue weighted by molar-refractivity contribution is 5.93. The van der Waals surface area contributed by atoms with Crippen molar-refractivity contribution in [1.29, 1.82) is 0 Å². The number of pyridine rings is 1. The second-order valence-electron chi connectivity index (χ2n) is 4.30. The van der Waals surface area contributed by atoms with E-state index >= 15 is 0 Å². The molecule has 16 heavy (non-hydrogen) atoms. The van der Waals surface area contributed by atoms with Gasteiger partial charge in [0, 0.05) is 6.04 Å². The Labute approximate surface area is 92.3 Å². The number of carbonyl (C=O) groups excluding carboxylic acids is 2. The van der Waals surface area contributed by atoms with Crippen molar-refractivity contribution in [2.24, 2.45) is 5.73 Å². The molecule has 5 nitrogen and oxygen atoms in total. The van der Waals surface area contributed by atoms with Gasteiger partial charge in [0.15, 0.2) is 6.29 Å². The summed E-state index contributed by atoms with van der Waals surface area (Å²) in [4.78, 5) is 27.7. The van der Waals surface area contributed by atoms with E-state index in [0.717, 1.165) is 18.4 Å². The molecular weight excluding hydrogens is 206 g/mol. The van der Waals surface area contributed by atoms with E-state index in [1.54, 1.807) is 6.07 Å². The number of hydrogen-bond acceptors (Lipinski definition) is 3. The van der Waals surface area contributed by atoms with Gasteiger partial charge >= 0.3 is 6.03 Å². The fraction of sp³-hybridized carbons (Fsp3) is 0.364. The van der Waals surface area contributed by atoms with E-state index in [1.807, 2.05) is 6.07 Å². The summed E-state index contributed by atoms with van der Waals surface area (Å²) >= 11 is 0. The Morgan fingerprint density at radius 1 is 1.50 bits per heavy atom. The molecule has 0 atom stereocenters. The summed E-state index contributed by atoms with van der Waals surface area (Å²) in [5, 5.41) is 0. The van der Waals surface area contributed by atoms with E-state index in [0.29, 0.717) is 23.7 Å². The predicted octanol–water partition coefficient (Wildman–Crippen LogP) is 1.04. The van der Waals surface area contributed by atoms with Crippen molar-refractivity contribution in [3.8, 4) is 0 Å². The normalized spacial score (nSPS) is 25.6. The standard InChI is InChI=1S/C11H11N3O2/c12-11(16)14-8-3-6(4-8)9-2-1-7(5-15)13-10(9)14/h1-2,5-6,8H,3-4H2,(H2,12,16). The van der Waals surface area contributed by atoms with Crippen LogP contribution in [0, 0.1) is 0 Å². The van der Waals surface area contributed by atoms with E-state index in [1.165, 1.54) is 4.90 Å². The van der Waals surface area contributed by atoms with Crippen molar-refractivity contribution >= 4 is 18.1 Å². The van der Waals surface area contributed by atoms with Gasteiger partial charge in [-0.25, -0.2) is 9.78 Å². The second-order valence-corrected chi connectivity index (χ2v) is 4.30. The number of anilines is 1. The van der Waals surface area contributed by atoms with Gasteiger partial charge in [0.2, 0.25) is 0 Å². The van der Waals surface area contributed by atoms with E-state index in [4.69, 9.17) is 5.73 Å². The lowest BCUT2D eigenvalue weighted by molar-refractivity contribution is 0.111. The zero-order chi connectivity index (χ0) is 11.3. The molecule has 1 saturated carbocycles. The Hall–Kier alpha value is -1.91. The highest BCUT2D eigenvalue weighted by Crippen LogP contribution is 2.49. The van der Waals surface area contributed by atoms with Crippen LogP contribution in [0.15, 0.2) is 12.1 Å². The fourth-order valence-corrected chi connectivity index (χ4v) is 2.56. The summed E-state index contributed by atoms with van der Waals surface area (Å²) in [7, 11) is 0. The molecule has 0 saturated heterocycles. The van der Waals surface area contributed by atoms with Gasteiger partial charge < -0.3 is 5.73 Å². The molecule has 2 aliphatic heterocycles. The number of amides is 2. The number of rotatable bonds is 1. The lowest BCUT2D eigenvalue weighted by atomic mass is 9.71. The molecule has 82 valence electrons. The molecule has 3 aliphatic rings. The number of aldehydes is 1. The largest absolute Gasteiger partial charge is 0.351 e. The van der Waals surface area contributed by atoms with Gasteiger partial charge in [0.25, 0.3) is 0 Å². The molecule has 1 aliphatic carbocycles. The summed E-state index contributed by atoms with van der Waals surface area (Å²) in [6.07, 6.45) is 2.59. The van der Waals surface area contributed by atoms with Crippen molar-refractivity contribution in [2.75, 3.05) is 4.90 Å². The van der Waals surface area contributed by atoms with Crippen LogP contribution in [0.5, 0.6) is 0 Å². The first-order valence-corrected chi connectivity index (χ1v) is 5.25. The molecule has 0 unspecified atom stereocenters. The third-order valence-corrected chi connectivity index (χ3v) is 3.43. The summed E-state index contributed by atoms with van der Waals surface area (Å²) in [6, 6.07) is 3.25. The topological polar surface area (TPSA) is 76.3 Å². The average Bonchev–Trinajstić information content (AvgIpc) is 2.25. The molecule has 5 heteroatoms. The highest BCUT2D eigenvalue weighted by Gasteiger charge is 2.45. The molecule has 2 amide bonds. The van der Waals surface area contributed by atoms with Crippen molar-refractivity contribution in [2.45, 2.75) is 24.8 Å². The first-order valence-electron chi connectivity index (χ1n) is 5.25. The first-order chi connectivity index (χ1) is 7.70. The Morgan fingerprint density at radius 3 is 2.88 bits per heavy atom. The third-order valence-electron chi connectivity index (χ3n) is 3.43. The van der Waals surface area contributed by atoms with Crippen LogP contribution in [-0.4, -0.2) is 23.3 Å². The van der Waals surface area contributed by atoms with Crippen molar-refractivity contribution < 1.29 is 9.59 Å². The summed E-state index contributed by atoms with van der Waals surface area (Å²) < 4.78 is 0. The number of hydrogen-bond donors (Lipinski definition) is 1. The van der Waals surface area contributed by atoms with Crippen LogP contribution in [0.3, 0.4) is 0 Å². The van der Waals surface area contributed by atoms with E-state index < -0.39 is 6.03 Å². The first kappa shape index (κ1) is 9.33. The van der Waals surface area contributed by atoms with Crippen LogP contribution >= 0.6 is 0 Å². The number of carbonyl (C=O) groups is 2. The molecule has 1 fully saturated rings. The maximum Gasteiger partial charge on any atom is 0.320 e. The van der Waals surface area contributed by atoms with Crippen LogP contribution in [0.25, 0.3) is 0 Å². The van der Waals surface area contributed by atoms with Gasteiger partial charge in [-0.3, -0.25) is 9.69 Å². The number of nitrogens with zero attached hydrogens (tertiary/aromatic N) is 2. The monoisotopic (exact) mass is 217 g/mol. The summed E-state index contributed by atoms with van der Waals surface area (Å²) in [5.41, 5.74) is 6.72. The highest BCUT2D eigenvalue weighted by atomic mass is 16.2. The Balaban J connectivity index is 2.15. The van der Waals surface area contributed by atoms with E-state index in [2.05, 4.69) is 4.98 Å². The fourth-order valence-electron chi connectivity index (χ4n) is 2.56. The van der Waals surface area contributed by atoms with Gasteiger partial charge in [-0.05, 0) is 30.4 Å². The lowest BCUT2D eigenvalue weighted by Crippen LogP contribution is -2.54. The molecule has 0 spiro atoms. The van der Waals surface area contributed by atoms with Crippen LogP contribution in [0.1, 0.15) is 34.8 Å². The van der Waals surface area contributed by atoms with Gasteiger partial charge in [0.1, 0.15) is 11.5 Å². The Morgan fingerprint density at radius 2 is 2.25 bits per heavy atom. The third kappa shape index (κ3) is 1.08. The number of nitrogens with two attached hydrogens (primary N) is 1. The average molecular weight is 217 g/mol. The lowest BCUT2D eigenvalue weighted by Gasteiger charge is -2.48. The minimum Gasteiger partial charge on any atom is -0.351 e. The number of aromatic nitrogens is 1. The zero-order valence-corrected chi connectivity index (χ0v) is 8.59. The maximum atomic E-state index is 11.4. The van der Waals surface area contributed by atoms with Crippen LogP contribution in [0.2, 0.25) is 0 Å². The predicted molar refractivity (Wildman–Crippen MR) is 57.4 cm³/mol. The maximum absolute atomic E-state index is 11.4. The molecule has 2 N–H and O–H groups in total. The van der Waals surface area contributed by atoms with Gasteiger partial charge in [-0.2, -0.15) is 0 Å². The quantitative estimate of drug-likeness (QED) is 0.714. The second kappa shape index (κ2) is 3.04. The van der Waals surface area contributed by atoms with Crippen molar-refractivity contribution in [1.82, 2.24) is 4.98 Å². The molecule has 1 aromatic rings.